The molecule has 0 spiro atoms. The quantitative estimate of drug-likeness (QED) is 0.252. The Labute approximate surface area is 293 Å². The van der Waals surface area contributed by atoms with Gasteiger partial charge in [0, 0.05) is 18.4 Å². The summed E-state index contributed by atoms with van der Waals surface area (Å²) in [5.41, 5.74) is 6.73. The van der Waals surface area contributed by atoms with Crippen LogP contribution in [0.3, 0.4) is 0 Å². The molecule has 9 heteroatoms. The maximum atomic E-state index is 14.2. The van der Waals surface area contributed by atoms with E-state index in [0.717, 1.165) is 57.9 Å². The Morgan fingerprint density at radius 1 is 0.953 bits per heavy atom. The van der Waals surface area contributed by atoms with Crippen molar-refractivity contribution in [2.45, 2.75) is 65.5 Å². The van der Waals surface area contributed by atoms with Crippen LogP contribution in [0, 0.1) is 0 Å². The molecule has 0 saturated heterocycles. The van der Waals surface area contributed by atoms with E-state index in [-0.39, 0.29) is 68.4 Å². The van der Waals surface area contributed by atoms with Crippen LogP contribution in [0.5, 0.6) is 11.8 Å². The summed E-state index contributed by atoms with van der Waals surface area (Å²) < 4.78 is 12.6. The summed E-state index contributed by atoms with van der Waals surface area (Å²) in [5.74, 6) is 1.94. The van der Waals surface area contributed by atoms with Gasteiger partial charge in [0.15, 0.2) is 11.9 Å². The second kappa shape index (κ2) is 12.9. The number of rotatable bonds is 8. The first-order valence-electron chi connectivity index (χ1n) is 14.4. The summed E-state index contributed by atoms with van der Waals surface area (Å²) in [7, 11) is 0. The smallest absolute Gasteiger partial charge is 0.528 e. The molecule has 3 aromatic carbocycles. The van der Waals surface area contributed by atoms with Crippen LogP contribution in [0.2, 0.25) is 0 Å². The molecule has 0 atom stereocenters. The maximum Gasteiger partial charge on any atom is 1.00 e. The number of hydrogen-bond acceptors (Lipinski definition) is 7. The van der Waals surface area contributed by atoms with E-state index < -0.39 is 6.08 Å². The van der Waals surface area contributed by atoms with Crippen molar-refractivity contribution in [1.82, 2.24) is 19.7 Å². The van der Waals surface area contributed by atoms with Crippen molar-refractivity contribution in [1.29, 1.82) is 0 Å². The Kier molecular flexibility index (Phi) is 9.39. The second-order valence-electron chi connectivity index (χ2n) is 11.3. The largest absolute Gasteiger partial charge is 1.00 e. The van der Waals surface area contributed by atoms with Crippen molar-refractivity contribution in [3.05, 3.63) is 99.7 Å². The number of aromatic nitrogens is 4. The van der Waals surface area contributed by atoms with Gasteiger partial charge in [0.2, 0.25) is 0 Å². The molecule has 1 aliphatic heterocycles. The minimum atomic E-state index is -0.720. The molecule has 0 saturated carbocycles. The molecule has 0 aliphatic carbocycles. The van der Waals surface area contributed by atoms with Crippen LogP contribution in [0.25, 0.3) is 33.6 Å². The number of ether oxygens (including phenoxy) is 1. The van der Waals surface area contributed by atoms with Gasteiger partial charge in [-0.05, 0) is 66.6 Å². The number of aryl methyl sites for hydroxylation is 2. The Morgan fingerprint density at radius 2 is 1.67 bits per heavy atom. The van der Waals surface area contributed by atoms with Crippen LogP contribution in [0.15, 0.2) is 76.0 Å². The van der Waals surface area contributed by atoms with Crippen molar-refractivity contribution in [2.24, 2.45) is 0 Å². The monoisotopic (exact) mass is 600 g/mol. The molecule has 0 fully saturated rings. The third kappa shape index (κ3) is 6.42. The molecule has 0 bridgehead atoms. The average Bonchev–Trinajstić information content (AvgIpc) is 3.55. The fraction of sp³-hybridized carbons (Fsp3) is 0.294. The van der Waals surface area contributed by atoms with Crippen LogP contribution < -0.4 is 66.8 Å². The van der Waals surface area contributed by atoms with E-state index in [1.54, 1.807) is 0 Å². The van der Waals surface area contributed by atoms with Gasteiger partial charge in [-0.15, -0.1) is 0 Å². The number of nitrogens with zero attached hydrogens (tertiary/aromatic N) is 4. The summed E-state index contributed by atoms with van der Waals surface area (Å²) in [6.07, 6.45) is 2.35. The zero-order valence-corrected chi connectivity index (χ0v) is 28.4. The van der Waals surface area contributed by atoms with Crippen LogP contribution in [0.1, 0.15) is 56.8 Å². The van der Waals surface area contributed by atoms with Gasteiger partial charge in [0.05, 0.1) is 17.8 Å². The Hall–Kier alpha value is -3.08. The molecule has 8 nitrogen and oxygen atoms in total. The molecule has 214 valence electrons. The van der Waals surface area contributed by atoms with E-state index >= 15 is 0 Å². The normalized spacial score (nSPS) is 13.3. The zero-order chi connectivity index (χ0) is 29.4. The van der Waals surface area contributed by atoms with Gasteiger partial charge >= 0.3 is 51.4 Å². The fourth-order valence-electron chi connectivity index (χ4n) is 5.76. The van der Waals surface area contributed by atoms with Crippen LogP contribution >= 0.6 is 0 Å². The molecular formula is C34H33KN4O4. The zero-order valence-electron chi connectivity index (χ0n) is 25.3. The first-order valence-corrected chi connectivity index (χ1v) is 14.4. The summed E-state index contributed by atoms with van der Waals surface area (Å²) >= 11 is 0. The van der Waals surface area contributed by atoms with Crippen molar-refractivity contribution >= 4 is 0 Å². The van der Waals surface area contributed by atoms with Crippen LogP contribution in [-0.4, -0.2) is 25.3 Å². The van der Waals surface area contributed by atoms with E-state index in [1.165, 1.54) is 0 Å². The van der Waals surface area contributed by atoms with E-state index in [9.17, 15) is 9.90 Å². The van der Waals surface area contributed by atoms with Gasteiger partial charge in [0.25, 0.3) is 5.56 Å². The van der Waals surface area contributed by atoms with Crippen molar-refractivity contribution in [3.8, 4) is 45.5 Å². The topological polar surface area (TPSA) is 106 Å². The Bertz CT molecular complexity index is 1830. The van der Waals surface area contributed by atoms with Gasteiger partial charge < -0.3 is 14.4 Å². The minimum absolute atomic E-state index is 0. The maximum absolute atomic E-state index is 14.2. The molecular weight excluding hydrogens is 567 g/mol. The van der Waals surface area contributed by atoms with E-state index in [0.29, 0.717) is 30.5 Å². The first kappa shape index (κ1) is 31.3. The Balaban J connectivity index is 0.00000368. The predicted molar refractivity (Wildman–Crippen MR) is 159 cm³/mol. The third-order valence-corrected chi connectivity index (χ3v) is 7.66. The van der Waals surface area contributed by atoms with Gasteiger partial charge in [0.1, 0.15) is 17.2 Å². The fourth-order valence-corrected chi connectivity index (χ4v) is 5.76. The standard InChI is InChI=1S/C34H34N4O4.K/c1-5-9-29-35-27(6-2)30(23-16-17-28-24(18-23)19-34(3,4)41-28)32(39)38(29)20-21-12-14-22(15-13-21)25-10-7-8-11-26(25)31-36-33(40)42-37-31;/h7-8,10-18H,5-6,9,19-20H2,1-4H3,(H,36,37,40);/q;+1/p-1. The molecule has 3 heterocycles. The average molecular weight is 601 g/mol. The van der Waals surface area contributed by atoms with Crippen molar-refractivity contribution in [3.63, 3.8) is 0 Å². The summed E-state index contributed by atoms with van der Waals surface area (Å²) in [4.78, 5) is 23.1. The van der Waals surface area contributed by atoms with Gasteiger partial charge in [-0.1, -0.05) is 68.4 Å². The van der Waals surface area contributed by atoms with E-state index in [1.807, 2.05) is 72.2 Å². The molecule has 6 rings (SSSR count). The minimum Gasteiger partial charge on any atom is -0.528 e. The SMILES string of the molecule is CCCc1nc(CC)c(-c2ccc3c(c2)CC(C)(C)O3)c(=O)n1Cc1ccc(-c2ccccc2-c2noc([O-])n2)cc1.[K+]. The summed E-state index contributed by atoms with van der Waals surface area (Å²) in [6.45, 7) is 8.72. The summed E-state index contributed by atoms with van der Waals surface area (Å²) in [6, 6.07) is 21.7. The summed E-state index contributed by atoms with van der Waals surface area (Å²) in [5, 5.41) is 15.3. The molecule has 5 aromatic rings. The predicted octanol–water partition coefficient (Wildman–Crippen LogP) is 2.98. The van der Waals surface area contributed by atoms with Gasteiger partial charge in [-0.25, -0.2) is 9.97 Å². The number of fused-ring (bicyclic) bond motifs is 1. The van der Waals surface area contributed by atoms with Gasteiger partial charge in [-0.2, -0.15) is 5.16 Å². The molecule has 43 heavy (non-hydrogen) atoms. The van der Waals surface area contributed by atoms with Crippen molar-refractivity contribution < 1.29 is 65.8 Å². The molecule has 0 N–H and O–H groups in total. The van der Waals surface area contributed by atoms with E-state index in [2.05, 4.69) is 41.5 Å². The third-order valence-electron chi connectivity index (χ3n) is 7.66. The van der Waals surface area contributed by atoms with E-state index in [4.69, 9.17) is 9.72 Å². The molecule has 0 unspecified atom stereocenters. The van der Waals surface area contributed by atoms with Crippen molar-refractivity contribution in [2.75, 3.05) is 0 Å². The second-order valence-corrected chi connectivity index (χ2v) is 11.3. The first-order chi connectivity index (χ1) is 20.3. The van der Waals surface area contributed by atoms with Gasteiger partial charge in [-0.3, -0.25) is 9.36 Å². The molecule has 0 amide bonds. The Morgan fingerprint density at radius 3 is 2.35 bits per heavy atom. The number of benzene rings is 3. The molecule has 1 aliphatic rings. The molecule has 0 radical (unpaired) electrons. The van der Waals surface area contributed by atoms with Crippen LogP contribution in [-0.2, 0) is 25.8 Å². The number of hydrogen-bond donors (Lipinski definition) is 0. The molecule has 2 aromatic heterocycles. The van der Waals surface area contributed by atoms with Crippen LogP contribution in [0.4, 0.5) is 0 Å².